The van der Waals surface area contributed by atoms with Gasteiger partial charge in [-0.2, -0.15) is 0 Å². The third kappa shape index (κ3) is 3.31. The topological polar surface area (TPSA) is 61.5 Å². The molecule has 1 unspecified atom stereocenters. The van der Waals surface area contributed by atoms with Crippen LogP contribution in [0.25, 0.3) is 0 Å². The Morgan fingerprint density at radius 2 is 2.10 bits per heavy atom. The van der Waals surface area contributed by atoms with E-state index in [0.717, 1.165) is 37.9 Å². The van der Waals surface area contributed by atoms with Gasteiger partial charge in [-0.3, -0.25) is 4.79 Å². The second-order valence-electron chi connectivity index (χ2n) is 5.34. The van der Waals surface area contributed by atoms with Crippen molar-refractivity contribution in [3.8, 4) is 5.75 Å². The van der Waals surface area contributed by atoms with E-state index in [1.807, 2.05) is 6.07 Å². The first kappa shape index (κ1) is 14.9. The molecule has 110 valence electrons. The maximum absolute atomic E-state index is 11.1. The molecule has 0 radical (unpaired) electrons. The SMILES string of the molecule is COC(=O)CCCCc1c(OC)ccc2c1CC(N)C2. The lowest BCUT2D eigenvalue weighted by Crippen LogP contribution is -2.19. The highest BCUT2D eigenvalue weighted by Gasteiger charge is 2.23. The first-order chi connectivity index (χ1) is 9.65. The molecule has 1 aliphatic carbocycles. The van der Waals surface area contributed by atoms with E-state index in [-0.39, 0.29) is 12.0 Å². The lowest BCUT2D eigenvalue weighted by molar-refractivity contribution is -0.140. The van der Waals surface area contributed by atoms with Crippen molar-refractivity contribution in [2.75, 3.05) is 14.2 Å². The highest BCUT2D eigenvalue weighted by Crippen LogP contribution is 2.32. The molecule has 0 heterocycles. The summed E-state index contributed by atoms with van der Waals surface area (Å²) in [4.78, 5) is 11.1. The zero-order chi connectivity index (χ0) is 14.5. The van der Waals surface area contributed by atoms with E-state index in [1.54, 1.807) is 7.11 Å². The molecular formula is C16H23NO3. The average molecular weight is 277 g/mol. The molecule has 1 aromatic rings. The van der Waals surface area contributed by atoms with Gasteiger partial charge in [0, 0.05) is 12.5 Å². The van der Waals surface area contributed by atoms with Crippen LogP contribution >= 0.6 is 0 Å². The molecule has 0 spiro atoms. The van der Waals surface area contributed by atoms with E-state index in [0.29, 0.717) is 6.42 Å². The minimum Gasteiger partial charge on any atom is -0.496 e. The number of benzene rings is 1. The van der Waals surface area contributed by atoms with E-state index in [1.165, 1.54) is 23.8 Å². The number of methoxy groups -OCH3 is 2. The normalized spacial score (nSPS) is 16.9. The van der Waals surface area contributed by atoms with Crippen LogP contribution in [0.4, 0.5) is 0 Å². The number of unbranched alkanes of at least 4 members (excludes halogenated alkanes) is 1. The van der Waals surface area contributed by atoms with E-state index >= 15 is 0 Å². The van der Waals surface area contributed by atoms with Crippen molar-refractivity contribution in [3.63, 3.8) is 0 Å². The van der Waals surface area contributed by atoms with Gasteiger partial charge in [0.15, 0.2) is 0 Å². The highest BCUT2D eigenvalue weighted by molar-refractivity contribution is 5.69. The van der Waals surface area contributed by atoms with Crippen LogP contribution in [0.3, 0.4) is 0 Å². The van der Waals surface area contributed by atoms with Crippen LogP contribution in [-0.2, 0) is 28.8 Å². The Morgan fingerprint density at radius 1 is 1.30 bits per heavy atom. The second kappa shape index (κ2) is 6.75. The Bertz CT molecular complexity index is 485. The molecule has 20 heavy (non-hydrogen) atoms. The van der Waals surface area contributed by atoms with E-state index in [2.05, 4.69) is 10.8 Å². The number of fused-ring (bicyclic) bond motifs is 1. The number of ether oxygens (including phenoxy) is 2. The molecule has 0 amide bonds. The Labute approximate surface area is 120 Å². The molecule has 0 bridgehead atoms. The van der Waals surface area contributed by atoms with Gasteiger partial charge in [-0.25, -0.2) is 0 Å². The van der Waals surface area contributed by atoms with Crippen LogP contribution in [0.5, 0.6) is 5.75 Å². The Hall–Kier alpha value is -1.55. The molecule has 2 rings (SSSR count). The minimum absolute atomic E-state index is 0.141. The van der Waals surface area contributed by atoms with E-state index < -0.39 is 0 Å². The molecule has 1 aliphatic rings. The van der Waals surface area contributed by atoms with Crippen molar-refractivity contribution in [1.29, 1.82) is 0 Å². The summed E-state index contributed by atoms with van der Waals surface area (Å²) < 4.78 is 10.1. The fraction of sp³-hybridized carbons (Fsp3) is 0.562. The zero-order valence-electron chi connectivity index (χ0n) is 12.3. The van der Waals surface area contributed by atoms with Gasteiger partial charge in [-0.15, -0.1) is 0 Å². The Balaban J connectivity index is 2.03. The standard InChI is InChI=1S/C16H23NO3/c1-19-15-8-7-11-9-12(17)10-14(11)13(15)5-3-4-6-16(18)20-2/h7-8,12H,3-6,9-10,17H2,1-2H3. The Kier molecular flexibility index (Phi) is 5.01. The summed E-state index contributed by atoms with van der Waals surface area (Å²) in [5.41, 5.74) is 10.0. The molecule has 0 saturated heterocycles. The monoisotopic (exact) mass is 277 g/mol. The molecular weight excluding hydrogens is 254 g/mol. The summed E-state index contributed by atoms with van der Waals surface area (Å²) in [6, 6.07) is 4.39. The lowest BCUT2D eigenvalue weighted by atomic mass is 9.97. The quantitative estimate of drug-likeness (QED) is 0.638. The molecule has 2 N–H and O–H groups in total. The third-order valence-electron chi connectivity index (χ3n) is 3.94. The van der Waals surface area contributed by atoms with Crippen molar-refractivity contribution in [1.82, 2.24) is 0 Å². The van der Waals surface area contributed by atoms with Crippen molar-refractivity contribution >= 4 is 5.97 Å². The van der Waals surface area contributed by atoms with Crippen LogP contribution < -0.4 is 10.5 Å². The zero-order valence-corrected chi connectivity index (χ0v) is 12.3. The summed E-state index contributed by atoms with van der Waals surface area (Å²) >= 11 is 0. The summed E-state index contributed by atoms with van der Waals surface area (Å²) in [5.74, 6) is 0.799. The van der Waals surface area contributed by atoms with Gasteiger partial charge < -0.3 is 15.2 Å². The van der Waals surface area contributed by atoms with E-state index in [9.17, 15) is 4.79 Å². The van der Waals surface area contributed by atoms with Crippen LogP contribution in [-0.4, -0.2) is 26.2 Å². The fourth-order valence-electron chi connectivity index (χ4n) is 2.92. The van der Waals surface area contributed by atoms with Crippen LogP contribution in [0, 0.1) is 0 Å². The highest BCUT2D eigenvalue weighted by atomic mass is 16.5. The molecule has 1 atom stereocenters. The van der Waals surface area contributed by atoms with Gasteiger partial charge in [-0.05, 0) is 54.9 Å². The van der Waals surface area contributed by atoms with Crippen LogP contribution in [0.1, 0.15) is 36.0 Å². The fourth-order valence-corrected chi connectivity index (χ4v) is 2.92. The summed E-state index contributed by atoms with van der Waals surface area (Å²) in [5, 5.41) is 0. The van der Waals surface area contributed by atoms with E-state index in [4.69, 9.17) is 10.5 Å². The van der Waals surface area contributed by atoms with Crippen LogP contribution in [0.2, 0.25) is 0 Å². The second-order valence-corrected chi connectivity index (χ2v) is 5.34. The van der Waals surface area contributed by atoms with Gasteiger partial charge in [0.05, 0.1) is 14.2 Å². The summed E-state index contributed by atoms with van der Waals surface area (Å²) in [7, 11) is 3.13. The molecule has 4 nitrogen and oxygen atoms in total. The number of hydrogen-bond acceptors (Lipinski definition) is 4. The van der Waals surface area contributed by atoms with Crippen molar-refractivity contribution in [3.05, 3.63) is 28.8 Å². The predicted molar refractivity (Wildman–Crippen MR) is 77.9 cm³/mol. The summed E-state index contributed by atoms with van der Waals surface area (Å²) in [6.07, 6.45) is 5.08. The maximum atomic E-state index is 11.1. The number of hydrogen-bond donors (Lipinski definition) is 1. The third-order valence-corrected chi connectivity index (χ3v) is 3.94. The van der Waals surface area contributed by atoms with Crippen LogP contribution in [0.15, 0.2) is 12.1 Å². The first-order valence-corrected chi connectivity index (χ1v) is 7.15. The van der Waals surface area contributed by atoms with Gasteiger partial charge >= 0.3 is 5.97 Å². The van der Waals surface area contributed by atoms with Crippen molar-refractivity contribution < 1.29 is 14.3 Å². The molecule has 0 fully saturated rings. The predicted octanol–water partition coefficient (Wildman–Crippen LogP) is 2.01. The van der Waals surface area contributed by atoms with Gasteiger partial charge in [0.1, 0.15) is 5.75 Å². The van der Waals surface area contributed by atoms with Gasteiger partial charge in [-0.1, -0.05) is 6.07 Å². The average Bonchev–Trinajstić information content (AvgIpc) is 2.83. The smallest absolute Gasteiger partial charge is 0.305 e. The molecule has 0 saturated carbocycles. The molecule has 0 aliphatic heterocycles. The number of carbonyl (C=O) groups excluding carboxylic acids is 1. The first-order valence-electron chi connectivity index (χ1n) is 7.15. The molecule has 0 aromatic heterocycles. The van der Waals surface area contributed by atoms with Crippen molar-refractivity contribution in [2.24, 2.45) is 5.73 Å². The number of rotatable bonds is 6. The van der Waals surface area contributed by atoms with Gasteiger partial charge in [0.2, 0.25) is 0 Å². The number of carbonyl (C=O) groups is 1. The summed E-state index contributed by atoms with van der Waals surface area (Å²) in [6.45, 7) is 0. The van der Waals surface area contributed by atoms with Crippen molar-refractivity contribution in [2.45, 2.75) is 44.6 Å². The largest absolute Gasteiger partial charge is 0.496 e. The number of nitrogens with two attached hydrogens (primary N) is 1. The molecule has 1 aromatic carbocycles. The van der Waals surface area contributed by atoms with Gasteiger partial charge in [0.25, 0.3) is 0 Å². The molecule has 4 heteroatoms. The number of esters is 1. The maximum Gasteiger partial charge on any atom is 0.305 e. The minimum atomic E-state index is -0.141. The Morgan fingerprint density at radius 3 is 2.80 bits per heavy atom. The lowest BCUT2D eigenvalue weighted by Gasteiger charge is -2.13.